The van der Waals surface area contributed by atoms with Gasteiger partial charge in [-0.3, -0.25) is 0 Å². The van der Waals surface area contributed by atoms with Crippen LogP contribution in [0.5, 0.6) is 11.6 Å². The average Bonchev–Trinajstić information content (AvgIpc) is 2.61. The summed E-state index contributed by atoms with van der Waals surface area (Å²) in [5.74, 6) is 1.25. The highest BCUT2D eigenvalue weighted by Gasteiger charge is 2.12. The minimum absolute atomic E-state index is 0.366. The molecule has 0 unspecified atom stereocenters. The first-order valence-electron chi connectivity index (χ1n) is 7.21. The summed E-state index contributed by atoms with van der Waals surface area (Å²) in [6.07, 6.45) is 3.21. The summed E-state index contributed by atoms with van der Waals surface area (Å²) < 4.78 is 11.3. The highest BCUT2D eigenvalue weighted by atomic mass is 35.5. The van der Waals surface area contributed by atoms with Crippen LogP contribution < -0.4 is 9.47 Å². The molecule has 0 bridgehead atoms. The molecule has 4 nitrogen and oxygen atoms in total. The molecule has 23 heavy (non-hydrogen) atoms. The van der Waals surface area contributed by atoms with Gasteiger partial charge >= 0.3 is 0 Å². The van der Waals surface area contributed by atoms with Crippen molar-refractivity contribution in [2.24, 2.45) is 0 Å². The second-order valence-electron chi connectivity index (χ2n) is 4.70. The van der Waals surface area contributed by atoms with Gasteiger partial charge < -0.3 is 9.47 Å². The molecule has 0 aliphatic rings. The van der Waals surface area contributed by atoms with Gasteiger partial charge in [-0.2, -0.15) is 0 Å². The fourth-order valence-electron chi connectivity index (χ4n) is 2.08. The number of hydrogen-bond acceptors (Lipinski definition) is 4. The van der Waals surface area contributed by atoms with Gasteiger partial charge in [0.2, 0.25) is 5.88 Å². The minimum Gasteiger partial charge on any atom is -0.490 e. The Bertz CT molecular complexity index is 766. The molecule has 0 saturated carbocycles. The lowest BCUT2D eigenvalue weighted by molar-refractivity contribution is 0.212. The van der Waals surface area contributed by atoms with Crippen LogP contribution in [0.4, 0.5) is 0 Å². The number of nitrogens with zero attached hydrogens (tertiary/aromatic N) is 2. The predicted molar refractivity (Wildman–Crippen MR) is 89.9 cm³/mol. The number of ether oxygens (including phenoxy) is 2. The highest BCUT2D eigenvalue weighted by molar-refractivity contribution is 6.33. The van der Waals surface area contributed by atoms with E-state index in [2.05, 4.69) is 9.97 Å². The summed E-state index contributed by atoms with van der Waals surface area (Å²) in [5.41, 5.74) is 1.42. The van der Waals surface area contributed by atoms with E-state index < -0.39 is 0 Å². The Morgan fingerprint density at radius 3 is 2.30 bits per heavy atom. The molecule has 116 valence electrons. The molecule has 0 saturated heterocycles. The third-order valence-electron chi connectivity index (χ3n) is 3.13. The summed E-state index contributed by atoms with van der Waals surface area (Å²) in [6.45, 7) is 0.785. The third-order valence-corrected chi connectivity index (χ3v) is 3.46. The van der Waals surface area contributed by atoms with Crippen LogP contribution in [-0.4, -0.2) is 23.2 Å². The van der Waals surface area contributed by atoms with E-state index in [4.69, 9.17) is 21.1 Å². The van der Waals surface area contributed by atoms with E-state index in [0.717, 1.165) is 11.3 Å². The van der Waals surface area contributed by atoms with Gasteiger partial charge in [0, 0.05) is 18.0 Å². The molecule has 0 aliphatic heterocycles. The van der Waals surface area contributed by atoms with Gasteiger partial charge in [-0.15, -0.1) is 0 Å². The first kappa shape index (κ1) is 15.3. The van der Waals surface area contributed by atoms with E-state index in [-0.39, 0.29) is 0 Å². The van der Waals surface area contributed by atoms with Crippen molar-refractivity contribution in [2.45, 2.75) is 0 Å². The fraction of sp³-hybridized carbons (Fsp3) is 0.111. The zero-order valence-corrected chi connectivity index (χ0v) is 13.1. The number of benzene rings is 2. The van der Waals surface area contributed by atoms with Crippen LogP contribution in [0.25, 0.3) is 11.3 Å². The molecular weight excluding hydrogens is 312 g/mol. The van der Waals surface area contributed by atoms with Crippen molar-refractivity contribution in [3.8, 4) is 22.9 Å². The lowest BCUT2D eigenvalue weighted by Crippen LogP contribution is -2.10. The predicted octanol–water partition coefficient (Wildman–Crippen LogP) is 4.25. The van der Waals surface area contributed by atoms with Crippen LogP contribution in [-0.2, 0) is 0 Å². The maximum absolute atomic E-state index is 6.22. The molecule has 0 N–H and O–H groups in total. The molecular formula is C18H15ClN2O2. The second-order valence-corrected chi connectivity index (χ2v) is 5.11. The van der Waals surface area contributed by atoms with Crippen molar-refractivity contribution in [3.63, 3.8) is 0 Å². The van der Waals surface area contributed by atoms with E-state index in [1.54, 1.807) is 12.4 Å². The zero-order chi connectivity index (χ0) is 15.9. The van der Waals surface area contributed by atoms with Crippen molar-refractivity contribution in [1.82, 2.24) is 9.97 Å². The molecule has 1 aromatic heterocycles. The SMILES string of the molecule is Clc1ccccc1-c1nccnc1OCCOc1ccccc1. The molecule has 0 radical (unpaired) electrons. The van der Waals surface area contributed by atoms with Crippen molar-refractivity contribution < 1.29 is 9.47 Å². The van der Waals surface area contributed by atoms with E-state index >= 15 is 0 Å². The first-order chi connectivity index (χ1) is 11.3. The first-order valence-corrected chi connectivity index (χ1v) is 7.59. The molecule has 0 aliphatic carbocycles. The zero-order valence-electron chi connectivity index (χ0n) is 12.4. The number of halogens is 1. The lowest BCUT2D eigenvalue weighted by atomic mass is 10.1. The van der Waals surface area contributed by atoms with E-state index in [9.17, 15) is 0 Å². The topological polar surface area (TPSA) is 44.2 Å². The monoisotopic (exact) mass is 326 g/mol. The molecule has 1 heterocycles. The maximum atomic E-state index is 6.22. The van der Waals surface area contributed by atoms with E-state index in [1.165, 1.54) is 0 Å². The minimum atomic E-state index is 0.366. The summed E-state index contributed by atoms with van der Waals surface area (Å²) in [7, 11) is 0. The van der Waals surface area contributed by atoms with Gasteiger partial charge in [0.05, 0.1) is 5.02 Å². The Hall–Kier alpha value is -2.59. The Labute approximate surface area is 139 Å². The van der Waals surface area contributed by atoms with Gasteiger partial charge in [0.15, 0.2) is 0 Å². The standard InChI is InChI=1S/C18H15ClN2O2/c19-16-9-5-4-8-15(16)17-18(21-11-10-20-17)23-13-12-22-14-6-2-1-3-7-14/h1-11H,12-13H2. The van der Waals surface area contributed by atoms with E-state index in [0.29, 0.717) is 29.8 Å². The summed E-state index contributed by atoms with van der Waals surface area (Å²) >= 11 is 6.22. The van der Waals surface area contributed by atoms with Crippen LogP contribution in [0.15, 0.2) is 67.0 Å². The molecule has 0 atom stereocenters. The van der Waals surface area contributed by atoms with Gasteiger partial charge in [0.25, 0.3) is 0 Å². The molecule has 2 aromatic carbocycles. The number of rotatable bonds is 6. The largest absolute Gasteiger partial charge is 0.490 e. The summed E-state index contributed by atoms with van der Waals surface area (Å²) in [4.78, 5) is 8.58. The molecule has 0 fully saturated rings. The molecule has 3 rings (SSSR count). The van der Waals surface area contributed by atoms with Crippen LogP contribution >= 0.6 is 11.6 Å². The Morgan fingerprint density at radius 2 is 1.48 bits per heavy atom. The van der Waals surface area contributed by atoms with Crippen LogP contribution in [0.3, 0.4) is 0 Å². The van der Waals surface area contributed by atoms with Crippen molar-refractivity contribution in [1.29, 1.82) is 0 Å². The number of hydrogen-bond donors (Lipinski definition) is 0. The summed E-state index contributed by atoms with van der Waals surface area (Å²) in [6, 6.07) is 17.1. The van der Waals surface area contributed by atoms with Crippen LogP contribution in [0.1, 0.15) is 0 Å². The van der Waals surface area contributed by atoms with Crippen molar-refractivity contribution >= 4 is 11.6 Å². The molecule has 3 aromatic rings. The molecule has 0 spiro atoms. The third kappa shape index (κ3) is 3.99. The molecule has 0 amide bonds. The number of aromatic nitrogens is 2. The second kappa shape index (κ2) is 7.61. The van der Waals surface area contributed by atoms with Gasteiger partial charge in [-0.05, 0) is 18.2 Å². The number of para-hydroxylation sites is 1. The maximum Gasteiger partial charge on any atom is 0.240 e. The average molecular weight is 327 g/mol. The smallest absolute Gasteiger partial charge is 0.240 e. The van der Waals surface area contributed by atoms with E-state index in [1.807, 2.05) is 54.6 Å². The van der Waals surface area contributed by atoms with Gasteiger partial charge in [-0.1, -0.05) is 48.0 Å². The molecule has 5 heteroatoms. The quantitative estimate of drug-likeness (QED) is 0.635. The fourth-order valence-corrected chi connectivity index (χ4v) is 2.31. The summed E-state index contributed by atoms with van der Waals surface area (Å²) in [5, 5.41) is 0.610. The van der Waals surface area contributed by atoms with Gasteiger partial charge in [-0.25, -0.2) is 9.97 Å². The van der Waals surface area contributed by atoms with Gasteiger partial charge in [0.1, 0.15) is 24.7 Å². The Morgan fingerprint density at radius 1 is 0.783 bits per heavy atom. The highest BCUT2D eigenvalue weighted by Crippen LogP contribution is 2.31. The van der Waals surface area contributed by atoms with Crippen LogP contribution in [0.2, 0.25) is 5.02 Å². The Kier molecular flexibility index (Phi) is 5.06. The normalized spacial score (nSPS) is 10.3. The Balaban J connectivity index is 1.66. The lowest BCUT2D eigenvalue weighted by Gasteiger charge is -2.11. The van der Waals surface area contributed by atoms with Crippen molar-refractivity contribution in [3.05, 3.63) is 72.0 Å². The van der Waals surface area contributed by atoms with Crippen LogP contribution in [0, 0.1) is 0 Å². The van der Waals surface area contributed by atoms with Crippen molar-refractivity contribution in [2.75, 3.05) is 13.2 Å².